The van der Waals surface area contributed by atoms with Gasteiger partial charge in [-0.25, -0.2) is 0 Å². The number of hydrogen-bond acceptors (Lipinski definition) is 2. The van der Waals surface area contributed by atoms with Gasteiger partial charge in [0.25, 0.3) is 0 Å². The van der Waals surface area contributed by atoms with Gasteiger partial charge in [0.05, 0.1) is 0 Å². The van der Waals surface area contributed by atoms with E-state index in [1.54, 1.807) is 0 Å². The van der Waals surface area contributed by atoms with Crippen molar-refractivity contribution in [2.24, 2.45) is 5.92 Å². The van der Waals surface area contributed by atoms with E-state index in [1.165, 1.54) is 31.5 Å². The summed E-state index contributed by atoms with van der Waals surface area (Å²) in [6.07, 6.45) is 4.05. The van der Waals surface area contributed by atoms with E-state index >= 15 is 0 Å². The van der Waals surface area contributed by atoms with Crippen LogP contribution in [0.15, 0.2) is 24.3 Å². The predicted octanol–water partition coefficient (Wildman–Crippen LogP) is 3.49. The van der Waals surface area contributed by atoms with Gasteiger partial charge in [0.1, 0.15) is 11.9 Å². The molecular formula is C16H22BrNO. The second-order valence-electron chi connectivity index (χ2n) is 5.87. The maximum atomic E-state index is 6.03. The average molecular weight is 324 g/mol. The van der Waals surface area contributed by atoms with Gasteiger partial charge >= 0.3 is 0 Å². The topological polar surface area (TPSA) is 12.5 Å². The normalized spacial score (nSPS) is 25.9. The van der Waals surface area contributed by atoms with Crippen LogP contribution in [0.25, 0.3) is 0 Å². The minimum atomic E-state index is 0.357. The number of likely N-dealkylation sites (tertiary alicyclic amines) is 1. The highest BCUT2D eigenvalue weighted by Gasteiger charge is 2.27. The fraction of sp³-hybridized carbons (Fsp3) is 0.625. The zero-order valence-electron chi connectivity index (χ0n) is 11.5. The standard InChI is InChI=1S/C16H22BrNO/c1-12(17)13-6-8-18(9-7-13)11-15-10-14-4-2-3-5-16(14)19-15/h2-5,12-13,15H,6-11H2,1H3. The van der Waals surface area contributed by atoms with Crippen LogP contribution in [0.1, 0.15) is 25.3 Å². The summed E-state index contributed by atoms with van der Waals surface area (Å²) >= 11 is 3.72. The monoisotopic (exact) mass is 323 g/mol. The molecule has 3 rings (SSSR count). The summed E-state index contributed by atoms with van der Waals surface area (Å²) in [6.45, 7) is 5.79. The third-order valence-electron chi connectivity index (χ3n) is 4.46. The highest BCUT2D eigenvalue weighted by Crippen LogP contribution is 2.30. The zero-order valence-corrected chi connectivity index (χ0v) is 13.1. The average Bonchev–Trinajstić information content (AvgIpc) is 2.81. The third kappa shape index (κ3) is 3.14. The Morgan fingerprint density at radius 1 is 1.32 bits per heavy atom. The van der Waals surface area contributed by atoms with Crippen LogP contribution < -0.4 is 4.74 Å². The van der Waals surface area contributed by atoms with Crippen molar-refractivity contribution in [2.75, 3.05) is 19.6 Å². The minimum absolute atomic E-state index is 0.357. The van der Waals surface area contributed by atoms with Gasteiger partial charge in [0.2, 0.25) is 0 Å². The number of fused-ring (bicyclic) bond motifs is 1. The summed E-state index contributed by atoms with van der Waals surface area (Å²) < 4.78 is 6.03. The number of rotatable bonds is 3. The van der Waals surface area contributed by atoms with E-state index < -0.39 is 0 Å². The molecule has 3 heteroatoms. The van der Waals surface area contributed by atoms with Crippen molar-refractivity contribution < 1.29 is 4.74 Å². The van der Waals surface area contributed by atoms with Crippen LogP contribution >= 0.6 is 15.9 Å². The lowest BCUT2D eigenvalue weighted by molar-refractivity contribution is 0.117. The molecule has 0 bridgehead atoms. The summed E-state index contributed by atoms with van der Waals surface area (Å²) in [5, 5.41) is 0. The molecule has 0 N–H and O–H groups in total. The van der Waals surface area contributed by atoms with Gasteiger partial charge < -0.3 is 4.74 Å². The summed E-state index contributed by atoms with van der Waals surface area (Å²) in [6, 6.07) is 8.44. The molecule has 2 unspecified atom stereocenters. The van der Waals surface area contributed by atoms with E-state index in [-0.39, 0.29) is 0 Å². The molecule has 2 atom stereocenters. The molecule has 2 heterocycles. The van der Waals surface area contributed by atoms with Gasteiger partial charge in [0, 0.05) is 17.8 Å². The molecule has 0 spiro atoms. The Labute approximate surface area is 124 Å². The van der Waals surface area contributed by atoms with Crippen LogP contribution in [0.4, 0.5) is 0 Å². The summed E-state index contributed by atoms with van der Waals surface area (Å²) in [5.41, 5.74) is 1.37. The highest BCUT2D eigenvalue weighted by molar-refractivity contribution is 9.09. The quantitative estimate of drug-likeness (QED) is 0.789. The van der Waals surface area contributed by atoms with Gasteiger partial charge in [-0.2, -0.15) is 0 Å². The third-order valence-corrected chi connectivity index (χ3v) is 5.21. The molecule has 1 aromatic carbocycles. The fourth-order valence-corrected chi connectivity index (χ4v) is 3.77. The number of nitrogens with zero attached hydrogens (tertiary/aromatic N) is 1. The molecule has 0 aromatic heterocycles. The Hall–Kier alpha value is -0.540. The number of benzene rings is 1. The van der Waals surface area contributed by atoms with E-state index in [2.05, 4.69) is 52.0 Å². The van der Waals surface area contributed by atoms with Gasteiger partial charge in [-0.3, -0.25) is 4.90 Å². The molecule has 0 aliphatic carbocycles. The van der Waals surface area contributed by atoms with Gasteiger partial charge in [0.15, 0.2) is 0 Å². The number of piperidine rings is 1. The molecule has 2 aliphatic rings. The first-order valence-corrected chi connectivity index (χ1v) is 8.25. The fourth-order valence-electron chi connectivity index (χ4n) is 3.24. The number of hydrogen-bond donors (Lipinski definition) is 0. The van der Waals surface area contributed by atoms with Gasteiger partial charge in [-0.15, -0.1) is 0 Å². The summed E-state index contributed by atoms with van der Waals surface area (Å²) in [5.74, 6) is 1.94. The van der Waals surface area contributed by atoms with Crippen molar-refractivity contribution in [3.8, 4) is 5.75 Å². The Balaban J connectivity index is 1.50. The molecule has 19 heavy (non-hydrogen) atoms. The summed E-state index contributed by atoms with van der Waals surface area (Å²) in [4.78, 5) is 3.23. The number of halogens is 1. The lowest BCUT2D eigenvalue weighted by Gasteiger charge is -2.34. The van der Waals surface area contributed by atoms with Crippen LogP contribution in [0.5, 0.6) is 5.75 Å². The van der Waals surface area contributed by atoms with Crippen LogP contribution in [0.3, 0.4) is 0 Å². The molecule has 1 aromatic rings. The maximum Gasteiger partial charge on any atom is 0.123 e. The summed E-state index contributed by atoms with van der Waals surface area (Å²) in [7, 11) is 0. The molecule has 0 radical (unpaired) electrons. The smallest absolute Gasteiger partial charge is 0.123 e. The van der Waals surface area contributed by atoms with E-state index in [0.29, 0.717) is 10.9 Å². The van der Waals surface area contributed by atoms with Crippen LogP contribution in [0.2, 0.25) is 0 Å². The lowest BCUT2D eigenvalue weighted by atomic mass is 9.94. The number of para-hydroxylation sites is 1. The Kier molecular flexibility index (Phi) is 4.13. The lowest BCUT2D eigenvalue weighted by Crippen LogP contribution is -2.41. The molecule has 2 aliphatic heterocycles. The van der Waals surface area contributed by atoms with Crippen molar-refractivity contribution in [3.63, 3.8) is 0 Å². The Morgan fingerprint density at radius 2 is 2.05 bits per heavy atom. The number of alkyl halides is 1. The first-order valence-electron chi connectivity index (χ1n) is 7.33. The van der Waals surface area contributed by atoms with Crippen molar-refractivity contribution in [1.82, 2.24) is 4.90 Å². The van der Waals surface area contributed by atoms with E-state index in [9.17, 15) is 0 Å². The van der Waals surface area contributed by atoms with Crippen LogP contribution in [-0.2, 0) is 6.42 Å². The molecule has 0 amide bonds. The van der Waals surface area contributed by atoms with Gasteiger partial charge in [-0.05, 0) is 43.5 Å². The molecule has 1 fully saturated rings. The first-order chi connectivity index (χ1) is 9.22. The largest absolute Gasteiger partial charge is 0.488 e. The molecule has 104 valence electrons. The minimum Gasteiger partial charge on any atom is -0.488 e. The molecule has 0 saturated carbocycles. The molecule has 1 saturated heterocycles. The maximum absolute atomic E-state index is 6.03. The number of ether oxygens (including phenoxy) is 1. The van der Waals surface area contributed by atoms with Gasteiger partial charge in [-0.1, -0.05) is 41.1 Å². The van der Waals surface area contributed by atoms with E-state index in [0.717, 1.165) is 24.6 Å². The Morgan fingerprint density at radius 3 is 2.74 bits per heavy atom. The molecule has 2 nitrogen and oxygen atoms in total. The highest BCUT2D eigenvalue weighted by atomic mass is 79.9. The first kappa shape index (κ1) is 13.4. The van der Waals surface area contributed by atoms with Crippen molar-refractivity contribution in [1.29, 1.82) is 0 Å². The second-order valence-corrected chi connectivity index (χ2v) is 7.31. The van der Waals surface area contributed by atoms with Crippen LogP contribution in [0, 0.1) is 5.92 Å². The SMILES string of the molecule is CC(Br)C1CCN(CC2Cc3ccccc3O2)CC1. The van der Waals surface area contributed by atoms with Crippen molar-refractivity contribution >= 4 is 15.9 Å². The van der Waals surface area contributed by atoms with Crippen molar-refractivity contribution in [3.05, 3.63) is 29.8 Å². The second kappa shape index (κ2) is 5.84. The van der Waals surface area contributed by atoms with Crippen LogP contribution in [-0.4, -0.2) is 35.5 Å². The van der Waals surface area contributed by atoms with Crippen molar-refractivity contribution in [2.45, 2.75) is 37.1 Å². The zero-order chi connectivity index (χ0) is 13.2. The predicted molar refractivity (Wildman–Crippen MR) is 82.1 cm³/mol. The molecular weight excluding hydrogens is 302 g/mol. The van der Waals surface area contributed by atoms with E-state index in [4.69, 9.17) is 4.74 Å². The Bertz CT molecular complexity index is 402. The van der Waals surface area contributed by atoms with E-state index in [1.807, 2.05) is 0 Å².